The van der Waals surface area contributed by atoms with Crippen LogP contribution in [0.4, 0.5) is 5.82 Å². The minimum atomic E-state index is -1.19. The van der Waals surface area contributed by atoms with Crippen molar-refractivity contribution in [3.8, 4) is 23.3 Å². The predicted molar refractivity (Wildman–Crippen MR) is 183 cm³/mol. The fraction of sp³-hybridized carbons (Fsp3) is 0.553. The average molecular weight is 662 g/mol. The minimum Gasteiger partial charge on any atom is -0.504 e. The number of ether oxygens (including phenoxy) is 1. The first-order valence-corrected chi connectivity index (χ1v) is 17.4. The summed E-state index contributed by atoms with van der Waals surface area (Å²) in [6.07, 6.45) is 5.81. The van der Waals surface area contributed by atoms with Gasteiger partial charge in [-0.1, -0.05) is 24.8 Å². The van der Waals surface area contributed by atoms with E-state index in [-0.39, 0.29) is 35.9 Å². The zero-order chi connectivity index (χ0) is 34.0. The number of nitrogens with zero attached hydrogens (tertiary/aromatic N) is 1. The summed E-state index contributed by atoms with van der Waals surface area (Å²) in [6.45, 7) is 0.0984. The molecule has 2 aliphatic rings. The zero-order valence-electron chi connectivity index (χ0n) is 27.5. The molecule has 0 aliphatic heterocycles. The summed E-state index contributed by atoms with van der Waals surface area (Å²) in [5.74, 6) is 6.28. The smallest absolute Gasteiger partial charge is 0.161 e. The average Bonchev–Trinajstić information content (AvgIpc) is 3.59. The molecule has 10 heteroatoms. The third-order valence-corrected chi connectivity index (χ3v) is 10.2. The number of rotatable bonds is 12. The molecule has 1 aromatic carbocycles. The molecule has 10 nitrogen and oxygen atoms in total. The number of hydrogen-bond donors (Lipinski definition) is 8. The third kappa shape index (κ3) is 9.30. The van der Waals surface area contributed by atoms with Crippen molar-refractivity contribution < 1.29 is 35.4 Å². The van der Waals surface area contributed by atoms with Crippen LogP contribution in [-0.4, -0.2) is 77.7 Å². The second kappa shape index (κ2) is 17.2. The van der Waals surface area contributed by atoms with Gasteiger partial charge in [0.15, 0.2) is 11.5 Å². The molecule has 48 heavy (non-hydrogen) atoms. The van der Waals surface area contributed by atoms with E-state index in [0.29, 0.717) is 57.2 Å². The predicted octanol–water partition coefficient (Wildman–Crippen LogP) is 3.84. The largest absolute Gasteiger partial charge is 0.504 e. The molecule has 9 unspecified atom stereocenters. The molecule has 3 aromatic rings. The second-order valence-corrected chi connectivity index (χ2v) is 13.6. The van der Waals surface area contributed by atoms with Crippen LogP contribution in [0.15, 0.2) is 54.9 Å². The topological polar surface area (TPSA) is 185 Å². The van der Waals surface area contributed by atoms with Gasteiger partial charge in [0.1, 0.15) is 18.0 Å². The fourth-order valence-electron chi connectivity index (χ4n) is 7.44. The van der Waals surface area contributed by atoms with E-state index in [9.17, 15) is 30.6 Å². The number of H-pyrrole nitrogens is 1. The first-order valence-electron chi connectivity index (χ1n) is 17.4. The highest BCUT2D eigenvalue weighted by atomic mass is 16.5. The molecule has 2 heterocycles. The number of aliphatic hydroxyl groups is 5. The number of anilines is 1. The Bertz CT molecular complexity index is 1490. The van der Waals surface area contributed by atoms with Crippen LogP contribution in [0.2, 0.25) is 0 Å². The summed E-state index contributed by atoms with van der Waals surface area (Å²) >= 11 is 0. The number of nitrogens with two attached hydrogens (primary N) is 1. The molecule has 5 rings (SSSR count). The lowest BCUT2D eigenvalue weighted by Crippen LogP contribution is -2.51. The first-order chi connectivity index (χ1) is 23.2. The zero-order valence-corrected chi connectivity index (χ0v) is 27.5. The lowest BCUT2D eigenvalue weighted by atomic mass is 9.71. The van der Waals surface area contributed by atoms with Crippen molar-refractivity contribution in [1.29, 1.82) is 0 Å². The molecule has 1 saturated carbocycles. The Hall–Kier alpha value is -3.59. The standard InChI is InChI=1S/C38H51N3O7/c39-36-22-26(16-19-41-36)30(23-27-7-4-18-40-27)28-12-15-34(46)37(47)38(28)48-35-21-25(11-14-33(35)45)10-13-32(44)29-8-3-6-24(17-20-42)5-1-2-9-31(29)43/h4,7,11,14,16,18-19,21-22,24,28-32,34,37-38,40,42-47H,1-2,5,8-10,12-13,15,17,20,23H2,(H2,39,41). The van der Waals surface area contributed by atoms with E-state index in [1.54, 1.807) is 24.4 Å². The van der Waals surface area contributed by atoms with Crippen molar-refractivity contribution in [2.45, 2.75) is 107 Å². The quantitative estimate of drug-likeness (QED) is 0.134. The number of phenolic OH excluding ortho intramolecular Hbond substituents is 1. The van der Waals surface area contributed by atoms with Gasteiger partial charge in [-0.2, -0.15) is 0 Å². The van der Waals surface area contributed by atoms with Gasteiger partial charge >= 0.3 is 0 Å². The Labute approximate surface area is 283 Å². The van der Waals surface area contributed by atoms with Gasteiger partial charge in [0, 0.05) is 48.9 Å². The van der Waals surface area contributed by atoms with Gasteiger partial charge in [0.2, 0.25) is 0 Å². The Morgan fingerprint density at radius 1 is 1.00 bits per heavy atom. The van der Waals surface area contributed by atoms with Crippen molar-refractivity contribution in [2.75, 3.05) is 12.3 Å². The Morgan fingerprint density at radius 3 is 2.60 bits per heavy atom. The first kappa shape index (κ1) is 35.7. The molecule has 9 atom stereocenters. The summed E-state index contributed by atoms with van der Waals surface area (Å²) in [4.78, 5) is 7.43. The fourth-order valence-corrected chi connectivity index (χ4v) is 7.44. The lowest BCUT2D eigenvalue weighted by Gasteiger charge is -2.42. The summed E-state index contributed by atoms with van der Waals surface area (Å²) in [6, 6.07) is 12.7. The molecule has 260 valence electrons. The van der Waals surface area contributed by atoms with Crippen LogP contribution in [0.3, 0.4) is 0 Å². The highest BCUT2D eigenvalue weighted by Gasteiger charge is 2.44. The number of pyridine rings is 1. The summed E-state index contributed by atoms with van der Waals surface area (Å²) in [7, 11) is 0. The number of aryl methyl sites for hydroxylation is 1. The number of nitrogen functional groups attached to an aromatic ring is 1. The van der Waals surface area contributed by atoms with E-state index in [1.807, 2.05) is 30.5 Å². The van der Waals surface area contributed by atoms with Crippen LogP contribution in [0, 0.1) is 29.6 Å². The van der Waals surface area contributed by atoms with Crippen LogP contribution in [0.5, 0.6) is 11.5 Å². The molecular weight excluding hydrogens is 610 g/mol. The van der Waals surface area contributed by atoms with Crippen molar-refractivity contribution in [3.05, 3.63) is 71.7 Å². The van der Waals surface area contributed by atoms with Crippen LogP contribution in [0.25, 0.3) is 0 Å². The number of nitrogens with one attached hydrogen (secondary N) is 1. The molecular formula is C38H51N3O7. The van der Waals surface area contributed by atoms with Crippen LogP contribution < -0.4 is 10.5 Å². The Morgan fingerprint density at radius 2 is 1.83 bits per heavy atom. The third-order valence-electron chi connectivity index (χ3n) is 10.2. The van der Waals surface area contributed by atoms with Gasteiger partial charge in [0.25, 0.3) is 0 Å². The van der Waals surface area contributed by atoms with Crippen LogP contribution in [-0.2, 0) is 12.8 Å². The molecule has 0 saturated heterocycles. The molecule has 2 aliphatic carbocycles. The van der Waals surface area contributed by atoms with Crippen molar-refractivity contribution in [3.63, 3.8) is 0 Å². The maximum Gasteiger partial charge on any atom is 0.161 e. The molecule has 0 radical (unpaired) electrons. The number of phenols is 1. The normalized spacial score (nSPS) is 27.7. The highest BCUT2D eigenvalue weighted by molar-refractivity contribution is 5.42. The Kier molecular flexibility index (Phi) is 12.8. The molecule has 0 amide bonds. The van der Waals surface area contributed by atoms with Crippen LogP contribution in [0.1, 0.15) is 80.5 Å². The van der Waals surface area contributed by atoms with Crippen LogP contribution >= 0.6 is 0 Å². The van der Waals surface area contributed by atoms with E-state index in [2.05, 4.69) is 21.8 Å². The van der Waals surface area contributed by atoms with Gasteiger partial charge < -0.3 is 46.1 Å². The molecule has 9 N–H and O–H groups in total. The van der Waals surface area contributed by atoms with Gasteiger partial charge in [-0.05, 0) is 105 Å². The van der Waals surface area contributed by atoms with E-state index in [0.717, 1.165) is 36.1 Å². The van der Waals surface area contributed by atoms with Gasteiger partial charge in [0.05, 0.1) is 18.3 Å². The number of aromatic amines is 1. The number of hydrogen-bond acceptors (Lipinski definition) is 9. The molecule has 1 fully saturated rings. The molecule has 0 spiro atoms. The van der Waals surface area contributed by atoms with E-state index in [4.69, 9.17) is 10.5 Å². The highest BCUT2D eigenvalue weighted by Crippen LogP contribution is 2.42. The maximum absolute atomic E-state index is 11.3. The number of aliphatic hydroxyl groups excluding tert-OH is 5. The van der Waals surface area contributed by atoms with E-state index >= 15 is 0 Å². The van der Waals surface area contributed by atoms with E-state index < -0.39 is 36.4 Å². The molecule has 0 bridgehead atoms. The van der Waals surface area contributed by atoms with Crippen molar-refractivity contribution >= 4 is 5.82 Å². The minimum absolute atomic E-state index is 0.0881. The van der Waals surface area contributed by atoms with Gasteiger partial charge in [-0.3, -0.25) is 0 Å². The van der Waals surface area contributed by atoms with Gasteiger partial charge in [-0.15, -0.1) is 5.92 Å². The monoisotopic (exact) mass is 661 g/mol. The number of aromatic nitrogens is 2. The lowest BCUT2D eigenvalue weighted by molar-refractivity contribution is -0.104. The SMILES string of the molecule is Nc1cc(C(Cc2ccc[nH]2)C2CCC(O)C(O)C2Oc2cc(CCC(O)C3CC#CC(CCO)CCCCC3O)ccc2O)ccn1. The number of benzene rings is 1. The summed E-state index contributed by atoms with van der Waals surface area (Å²) in [5.41, 5.74) is 8.85. The summed E-state index contributed by atoms with van der Waals surface area (Å²) < 4.78 is 6.44. The van der Waals surface area contributed by atoms with E-state index in [1.165, 1.54) is 0 Å². The molecule has 2 aromatic heterocycles. The maximum atomic E-state index is 11.3. The van der Waals surface area contributed by atoms with Crippen molar-refractivity contribution in [1.82, 2.24) is 9.97 Å². The summed E-state index contributed by atoms with van der Waals surface area (Å²) in [5, 5.41) is 64.4. The van der Waals surface area contributed by atoms with Gasteiger partial charge in [-0.25, -0.2) is 4.98 Å². The number of aromatic hydroxyl groups is 1. The Balaban J connectivity index is 1.33. The second-order valence-electron chi connectivity index (χ2n) is 13.6. The van der Waals surface area contributed by atoms with Crippen molar-refractivity contribution in [2.24, 2.45) is 17.8 Å².